The molecule has 0 bridgehead atoms. The lowest BCUT2D eigenvalue weighted by molar-refractivity contribution is -0.136. The van der Waals surface area contributed by atoms with Gasteiger partial charge in [0.25, 0.3) is 0 Å². The molecule has 0 radical (unpaired) electrons. The number of carboxylic acids is 1. The molecule has 0 spiro atoms. The van der Waals surface area contributed by atoms with Crippen LogP contribution in [-0.4, -0.2) is 24.2 Å². The lowest BCUT2D eigenvalue weighted by Gasteiger charge is -2.22. The van der Waals surface area contributed by atoms with Crippen LogP contribution in [0.4, 0.5) is 5.69 Å². The van der Waals surface area contributed by atoms with Crippen LogP contribution in [0.2, 0.25) is 5.02 Å². The standard InChI is InChI=1S/C13H16ClNO2/c14-11-4-3-5-12(15-8-1-2-9-15)10(11)6-7-13(16)17/h3-5H,1-2,6-9H2,(H,16,17). The number of anilines is 1. The van der Waals surface area contributed by atoms with Gasteiger partial charge in [0, 0.05) is 30.2 Å². The molecule has 0 aromatic heterocycles. The molecule has 2 rings (SSSR count). The second-order valence-corrected chi connectivity index (χ2v) is 4.73. The molecule has 1 heterocycles. The van der Waals surface area contributed by atoms with Crippen molar-refractivity contribution in [3.8, 4) is 0 Å². The molecule has 1 aromatic rings. The highest BCUT2D eigenvalue weighted by Crippen LogP contribution is 2.30. The van der Waals surface area contributed by atoms with Gasteiger partial charge >= 0.3 is 5.97 Å². The number of benzene rings is 1. The molecular weight excluding hydrogens is 238 g/mol. The lowest BCUT2D eigenvalue weighted by atomic mass is 10.1. The van der Waals surface area contributed by atoms with Crippen LogP contribution in [0.1, 0.15) is 24.8 Å². The van der Waals surface area contributed by atoms with E-state index in [0.717, 1.165) is 24.3 Å². The third kappa shape index (κ3) is 2.91. The Kier molecular flexibility index (Phi) is 3.89. The Hall–Kier alpha value is -1.22. The van der Waals surface area contributed by atoms with Gasteiger partial charge in [0.1, 0.15) is 0 Å². The molecule has 1 aromatic carbocycles. The Balaban J connectivity index is 2.23. The number of carbonyl (C=O) groups is 1. The van der Waals surface area contributed by atoms with E-state index in [-0.39, 0.29) is 6.42 Å². The summed E-state index contributed by atoms with van der Waals surface area (Å²) < 4.78 is 0. The first-order chi connectivity index (χ1) is 8.18. The van der Waals surface area contributed by atoms with E-state index in [2.05, 4.69) is 4.90 Å². The molecule has 17 heavy (non-hydrogen) atoms. The number of nitrogens with zero attached hydrogens (tertiary/aromatic N) is 1. The molecule has 92 valence electrons. The Bertz CT molecular complexity index is 414. The second-order valence-electron chi connectivity index (χ2n) is 4.33. The van der Waals surface area contributed by atoms with E-state index in [9.17, 15) is 4.79 Å². The monoisotopic (exact) mass is 253 g/mol. The van der Waals surface area contributed by atoms with Gasteiger partial charge in [-0.2, -0.15) is 0 Å². The molecular formula is C13H16ClNO2. The molecule has 3 nitrogen and oxygen atoms in total. The van der Waals surface area contributed by atoms with Gasteiger partial charge in [0.15, 0.2) is 0 Å². The highest BCUT2D eigenvalue weighted by molar-refractivity contribution is 6.31. The number of halogens is 1. The first-order valence-corrected chi connectivity index (χ1v) is 6.30. The Morgan fingerprint density at radius 3 is 2.71 bits per heavy atom. The fourth-order valence-corrected chi connectivity index (χ4v) is 2.55. The predicted octanol–water partition coefficient (Wildman–Crippen LogP) is 2.96. The zero-order chi connectivity index (χ0) is 12.3. The number of aliphatic carboxylic acids is 1. The minimum atomic E-state index is -0.780. The van der Waals surface area contributed by atoms with Crippen molar-refractivity contribution in [3.05, 3.63) is 28.8 Å². The van der Waals surface area contributed by atoms with Crippen molar-refractivity contribution in [1.29, 1.82) is 0 Å². The maximum absolute atomic E-state index is 10.7. The summed E-state index contributed by atoms with van der Waals surface area (Å²) in [6.07, 6.45) is 3.03. The van der Waals surface area contributed by atoms with Gasteiger partial charge in [-0.1, -0.05) is 17.7 Å². The Morgan fingerprint density at radius 2 is 2.06 bits per heavy atom. The number of hydrogen-bond donors (Lipinski definition) is 1. The van der Waals surface area contributed by atoms with E-state index >= 15 is 0 Å². The maximum atomic E-state index is 10.7. The van der Waals surface area contributed by atoms with Gasteiger partial charge in [0.05, 0.1) is 0 Å². The quantitative estimate of drug-likeness (QED) is 0.897. The third-order valence-corrected chi connectivity index (χ3v) is 3.48. The van der Waals surface area contributed by atoms with Crippen molar-refractivity contribution in [2.45, 2.75) is 25.7 Å². The van der Waals surface area contributed by atoms with E-state index in [4.69, 9.17) is 16.7 Å². The van der Waals surface area contributed by atoms with Crippen LogP contribution >= 0.6 is 11.6 Å². The molecule has 1 saturated heterocycles. The fourth-order valence-electron chi connectivity index (χ4n) is 2.28. The van der Waals surface area contributed by atoms with E-state index in [1.165, 1.54) is 12.8 Å². The largest absolute Gasteiger partial charge is 0.481 e. The maximum Gasteiger partial charge on any atom is 0.303 e. The van der Waals surface area contributed by atoms with Crippen LogP contribution in [0, 0.1) is 0 Å². The molecule has 0 aliphatic carbocycles. The van der Waals surface area contributed by atoms with Crippen LogP contribution < -0.4 is 4.90 Å². The lowest BCUT2D eigenvalue weighted by Crippen LogP contribution is -2.19. The molecule has 0 unspecified atom stereocenters. The van der Waals surface area contributed by atoms with E-state index in [0.29, 0.717) is 11.4 Å². The zero-order valence-corrected chi connectivity index (χ0v) is 10.4. The van der Waals surface area contributed by atoms with Gasteiger partial charge in [-0.15, -0.1) is 0 Å². The van der Waals surface area contributed by atoms with Crippen LogP contribution in [-0.2, 0) is 11.2 Å². The molecule has 0 amide bonds. The third-order valence-electron chi connectivity index (χ3n) is 3.13. The molecule has 0 saturated carbocycles. The summed E-state index contributed by atoms with van der Waals surface area (Å²) in [5.74, 6) is -0.780. The summed E-state index contributed by atoms with van der Waals surface area (Å²) in [5, 5.41) is 9.44. The van der Waals surface area contributed by atoms with Crippen LogP contribution in [0.3, 0.4) is 0 Å². The molecule has 1 fully saturated rings. The zero-order valence-electron chi connectivity index (χ0n) is 9.66. The summed E-state index contributed by atoms with van der Waals surface area (Å²) in [6.45, 7) is 2.08. The minimum Gasteiger partial charge on any atom is -0.481 e. The molecule has 4 heteroatoms. The molecule has 0 atom stereocenters. The number of hydrogen-bond acceptors (Lipinski definition) is 2. The first-order valence-electron chi connectivity index (χ1n) is 5.92. The van der Waals surface area contributed by atoms with Crippen molar-refractivity contribution in [2.75, 3.05) is 18.0 Å². The molecule has 1 N–H and O–H groups in total. The topological polar surface area (TPSA) is 40.5 Å². The predicted molar refractivity (Wildman–Crippen MR) is 68.9 cm³/mol. The fraction of sp³-hybridized carbons (Fsp3) is 0.462. The summed E-state index contributed by atoms with van der Waals surface area (Å²) in [5.41, 5.74) is 2.08. The van der Waals surface area contributed by atoms with Gasteiger partial charge in [0.2, 0.25) is 0 Å². The average molecular weight is 254 g/mol. The van der Waals surface area contributed by atoms with E-state index < -0.39 is 5.97 Å². The highest BCUT2D eigenvalue weighted by atomic mass is 35.5. The van der Waals surface area contributed by atoms with Gasteiger partial charge in [-0.05, 0) is 37.0 Å². The van der Waals surface area contributed by atoms with Crippen molar-refractivity contribution < 1.29 is 9.90 Å². The normalized spacial score (nSPS) is 15.2. The Morgan fingerprint density at radius 1 is 1.35 bits per heavy atom. The van der Waals surface area contributed by atoms with Crippen molar-refractivity contribution in [2.24, 2.45) is 0 Å². The van der Waals surface area contributed by atoms with Gasteiger partial charge < -0.3 is 10.0 Å². The van der Waals surface area contributed by atoms with E-state index in [1.54, 1.807) is 0 Å². The molecule has 1 aliphatic rings. The van der Waals surface area contributed by atoms with Crippen LogP contribution in [0.25, 0.3) is 0 Å². The summed E-state index contributed by atoms with van der Waals surface area (Å²) in [6, 6.07) is 5.80. The number of carboxylic acid groups (broad SMARTS) is 1. The van der Waals surface area contributed by atoms with Crippen molar-refractivity contribution in [1.82, 2.24) is 0 Å². The molecule has 1 aliphatic heterocycles. The average Bonchev–Trinajstić information content (AvgIpc) is 2.80. The summed E-state index contributed by atoms with van der Waals surface area (Å²) in [7, 11) is 0. The first kappa shape index (κ1) is 12.2. The van der Waals surface area contributed by atoms with Crippen LogP contribution in [0.15, 0.2) is 18.2 Å². The van der Waals surface area contributed by atoms with E-state index in [1.807, 2.05) is 18.2 Å². The van der Waals surface area contributed by atoms with Gasteiger partial charge in [-0.25, -0.2) is 0 Å². The van der Waals surface area contributed by atoms with Gasteiger partial charge in [-0.3, -0.25) is 4.79 Å². The number of rotatable bonds is 4. The summed E-state index contributed by atoms with van der Waals surface area (Å²) in [4.78, 5) is 13.0. The second kappa shape index (κ2) is 5.41. The highest BCUT2D eigenvalue weighted by Gasteiger charge is 2.17. The minimum absolute atomic E-state index is 0.130. The smallest absolute Gasteiger partial charge is 0.303 e. The summed E-state index contributed by atoms with van der Waals surface area (Å²) >= 11 is 6.17. The SMILES string of the molecule is O=C(O)CCc1c(Cl)cccc1N1CCCC1. The Labute approximate surface area is 106 Å². The van der Waals surface area contributed by atoms with Crippen molar-refractivity contribution in [3.63, 3.8) is 0 Å². The van der Waals surface area contributed by atoms with Crippen LogP contribution in [0.5, 0.6) is 0 Å². The van der Waals surface area contributed by atoms with Crippen molar-refractivity contribution >= 4 is 23.3 Å².